The highest BCUT2D eigenvalue weighted by Gasteiger charge is 2.22. The number of carbonyl (C=O) groups excluding carboxylic acids is 3. The van der Waals surface area contributed by atoms with Gasteiger partial charge in [0.25, 0.3) is 11.8 Å². The van der Waals surface area contributed by atoms with E-state index >= 15 is 0 Å². The zero-order chi connectivity index (χ0) is 24.1. The van der Waals surface area contributed by atoms with E-state index in [1.165, 1.54) is 28.9 Å². The molecule has 0 aliphatic carbocycles. The first-order chi connectivity index (χ1) is 15.7. The van der Waals surface area contributed by atoms with Crippen LogP contribution in [0.1, 0.15) is 33.2 Å². The lowest BCUT2D eigenvalue weighted by molar-refractivity contribution is -0.114. The van der Waals surface area contributed by atoms with E-state index in [1.54, 1.807) is 62.6 Å². The van der Waals surface area contributed by atoms with Crippen molar-refractivity contribution >= 4 is 29.1 Å². The standard InChI is InChI=1S/C25H25N3O5/c1-16(29)26-19-8-4-17(5-9-19)15-28(25(33)22-13-12-21(30)14-23(22)31)20-10-6-18(7-11-20)24(32)27(2)3/h4-14,30-31H,15H2,1-3H3,(H,26,29). The largest absolute Gasteiger partial charge is 0.508 e. The van der Waals surface area contributed by atoms with Gasteiger partial charge in [-0.25, -0.2) is 0 Å². The number of benzene rings is 3. The number of nitrogens with zero attached hydrogens (tertiary/aromatic N) is 2. The average molecular weight is 447 g/mol. The molecule has 0 heterocycles. The summed E-state index contributed by atoms with van der Waals surface area (Å²) < 4.78 is 0. The molecule has 0 aliphatic heterocycles. The van der Waals surface area contributed by atoms with Gasteiger partial charge in [-0.3, -0.25) is 14.4 Å². The van der Waals surface area contributed by atoms with Crippen molar-refractivity contribution in [3.8, 4) is 11.5 Å². The molecular formula is C25H25N3O5. The van der Waals surface area contributed by atoms with Crippen molar-refractivity contribution in [1.29, 1.82) is 0 Å². The van der Waals surface area contributed by atoms with E-state index in [0.717, 1.165) is 11.6 Å². The predicted octanol–water partition coefficient (Wildman–Crippen LogP) is 3.61. The van der Waals surface area contributed by atoms with Crippen molar-refractivity contribution in [3.63, 3.8) is 0 Å². The molecule has 3 N–H and O–H groups in total. The summed E-state index contributed by atoms with van der Waals surface area (Å²) in [6.45, 7) is 1.59. The quantitative estimate of drug-likeness (QED) is 0.535. The van der Waals surface area contributed by atoms with Gasteiger partial charge in [0.2, 0.25) is 5.91 Å². The lowest BCUT2D eigenvalue weighted by atomic mass is 10.1. The summed E-state index contributed by atoms with van der Waals surface area (Å²) >= 11 is 0. The first-order valence-electron chi connectivity index (χ1n) is 10.2. The van der Waals surface area contributed by atoms with Crippen molar-refractivity contribution in [2.45, 2.75) is 13.5 Å². The van der Waals surface area contributed by atoms with Gasteiger partial charge in [-0.2, -0.15) is 0 Å². The maximum Gasteiger partial charge on any atom is 0.262 e. The fourth-order valence-corrected chi connectivity index (χ4v) is 3.25. The summed E-state index contributed by atoms with van der Waals surface area (Å²) in [6.07, 6.45) is 0. The Morgan fingerprint density at radius 3 is 2.03 bits per heavy atom. The van der Waals surface area contributed by atoms with Gasteiger partial charge in [-0.15, -0.1) is 0 Å². The topological polar surface area (TPSA) is 110 Å². The van der Waals surface area contributed by atoms with Crippen LogP contribution in [0.2, 0.25) is 0 Å². The number of nitrogens with one attached hydrogen (secondary N) is 1. The Bertz CT molecular complexity index is 1170. The molecular weight excluding hydrogens is 422 g/mol. The van der Waals surface area contributed by atoms with Gasteiger partial charge >= 0.3 is 0 Å². The van der Waals surface area contributed by atoms with Crippen LogP contribution in [0.4, 0.5) is 11.4 Å². The van der Waals surface area contributed by atoms with Crippen LogP contribution in [0, 0.1) is 0 Å². The van der Waals surface area contributed by atoms with Gasteiger partial charge in [0.1, 0.15) is 11.5 Å². The Balaban J connectivity index is 1.96. The predicted molar refractivity (Wildman–Crippen MR) is 125 cm³/mol. The van der Waals surface area contributed by atoms with Crippen LogP contribution in [0.15, 0.2) is 66.7 Å². The summed E-state index contributed by atoms with van der Waals surface area (Å²) in [6, 6.07) is 17.4. The van der Waals surface area contributed by atoms with Crippen molar-refractivity contribution in [3.05, 3.63) is 83.4 Å². The minimum atomic E-state index is -0.481. The summed E-state index contributed by atoms with van der Waals surface area (Å²) in [4.78, 5) is 39.8. The fourth-order valence-electron chi connectivity index (χ4n) is 3.25. The van der Waals surface area contributed by atoms with Gasteiger partial charge in [0, 0.05) is 44.0 Å². The Morgan fingerprint density at radius 1 is 0.848 bits per heavy atom. The van der Waals surface area contributed by atoms with E-state index in [0.29, 0.717) is 16.9 Å². The molecule has 8 heteroatoms. The van der Waals surface area contributed by atoms with Crippen LogP contribution in [0.5, 0.6) is 11.5 Å². The second kappa shape index (κ2) is 9.86. The average Bonchev–Trinajstić information content (AvgIpc) is 2.77. The number of hydrogen-bond donors (Lipinski definition) is 3. The molecule has 170 valence electrons. The van der Waals surface area contributed by atoms with E-state index in [1.807, 2.05) is 0 Å². The van der Waals surface area contributed by atoms with E-state index in [4.69, 9.17) is 0 Å². The SMILES string of the molecule is CC(=O)Nc1ccc(CN(C(=O)c2ccc(O)cc2O)c2ccc(C(=O)N(C)C)cc2)cc1. The summed E-state index contributed by atoms with van der Waals surface area (Å²) in [5, 5.41) is 22.5. The van der Waals surface area contributed by atoms with E-state index in [9.17, 15) is 24.6 Å². The van der Waals surface area contributed by atoms with Gasteiger partial charge in [0.05, 0.1) is 12.1 Å². The summed E-state index contributed by atoms with van der Waals surface area (Å²) in [7, 11) is 3.31. The monoisotopic (exact) mass is 447 g/mol. The smallest absolute Gasteiger partial charge is 0.262 e. The first kappa shape index (κ1) is 23.3. The zero-order valence-electron chi connectivity index (χ0n) is 18.6. The van der Waals surface area contributed by atoms with Crippen LogP contribution in [0.3, 0.4) is 0 Å². The van der Waals surface area contributed by atoms with Gasteiger partial charge in [-0.05, 0) is 54.1 Å². The molecule has 3 aromatic carbocycles. The number of aromatic hydroxyl groups is 2. The molecule has 3 amide bonds. The first-order valence-corrected chi connectivity index (χ1v) is 10.2. The van der Waals surface area contributed by atoms with Crippen LogP contribution in [0.25, 0.3) is 0 Å². The Labute approximate surface area is 191 Å². The highest BCUT2D eigenvalue weighted by molar-refractivity contribution is 6.08. The molecule has 0 atom stereocenters. The maximum atomic E-state index is 13.4. The molecule has 0 bridgehead atoms. The van der Waals surface area contributed by atoms with E-state index in [-0.39, 0.29) is 35.4 Å². The summed E-state index contributed by atoms with van der Waals surface area (Å²) in [5.74, 6) is -1.33. The van der Waals surface area contributed by atoms with Crippen LogP contribution < -0.4 is 10.2 Å². The number of phenolic OH excluding ortho intramolecular Hbond substituents is 2. The molecule has 0 spiro atoms. The Morgan fingerprint density at radius 2 is 1.48 bits per heavy atom. The van der Waals surface area contributed by atoms with Crippen LogP contribution in [-0.4, -0.2) is 46.9 Å². The fraction of sp³-hybridized carbons (Fsp3) is 0.160. The molecule has 0 unspecified atom stereocenters. The molecule has 0 fully saturated rings. The van der Waals surface area contributed by atoms with E-state index < -0.39 is 5.91 Å². The third-order valence-corrected chi connectivity index (χ3v) is 4.90. The second-order valence-corrected chi connectivity index (χ2v) is 7.72. The lowest BCUT2D eigenvalue weighted by Gasteiger charge is -2.24. The summed E-state index contributed by atoms with van der Waals surface area (Å²) in [5.41, 5.74) is 2.43. The molecule has 0 aromatic heterocycles. The molecule has 0 aliphatic rings. The van der Waals surface area contributed by atoms with Crippen LogP contribution in [-0.2, 0) is 11.3 Å². The lowest BCUT2D eigenvalue weighted by Crippen LogP contribution is -2.30. The van der Waals surface area contributed by atoms with Crippen molar-refractivity contribution in [2.24, 2.45) is 0 Å². The molecule has 3 aromatic rings. The molecule has 0 radical (unpaired) electrons. The van der Waals surface area contributed by atoms with Crippen molar-refractivity contribution in [1.82, 2.24) is 4.90 Å². The highest BCUT2D eigenvalue weighted by atomic mass is 16.3. The third-order valence-electron chi connectivity index (χ3n) is 4.90. The van der Waals surface area contributed by atoms with Gasteiger partial charge in [0.15, 0.2) is 0 Å². The molecule has 0 saturated heterocycles. The number of amides is 3. The second-order valence-electron chi connectivity index (χ2n) is 7.72. The Hall–Kier alpha value is -4.33. The van der Waals surface area contributed by atoms with E-state index in [2.05, 4.69) is 5.32 Å². The zero-order valence-corrected chi connectivity index (χ0v) is 18.6. The van der Waals surface area contributed by atoms with Crippen molar-refractivity contribution in [2.75, 3.05) is 24.3 Å². The van der Waals surface area contributed by atoms with Gasteiger partial charge < -0.3 is 25.3 Å². The Kier molecular flexibility index (Phi) is 6.97. The number of hydrogen-bond acceptors (Lipinski definition) is 5. The van der Waals surface area contributed by atoms with Crippen molar-refractivity contribution < 1.29 is 24.6 Å². The third kappa shape index (κ3) is 5.68. The number of anilines is 2. The number of rotatable bonds is 6. The molecule has 0 saturated carbocycles. The molecule has 8 nitrogen and oxygen atoms in total. The molecule has 3 rings (SSSR count). The maximum absolute atomic E-state index is 13.4. The van der Waals surface area contributed by atoms with Crippen LogP contribution >= 0.6 is 0 Å². The number of phenols is 2. The minimum absolute atomic E-state index is 0.0242. The number of carbonyl (C=O) groups is 3. The normalized spacial score (nSPS) is 10.4. The minimum Gasteiger partial charge on any atom is -0.508 e. The molecule has 33 heavy (non-hydrogen) atoms. The highest BCUT2D eigenvalue weighted by Crippen LogP contribution is 2.28. The van der Waals surface area contributed by atoms with Gasteiger partial charge in [-0.1, -0.05) is 12.1 Å².